The van der Waals surface area contributed by atoms with Gasteiger partial charge in [0.15, 0.2) is 0 Å². The highest BCUT2D eigenvalue weighted by molar-refractivity contribution is 5.94. The van der Waals surface area contributed by atoms with Crippen LogP contribution >= 0.6 is 0 Å². The van der Waals surface area contributed by atoms with Crippen LogP contribution < -0.4 is 27.4 Å². The molecule has 0 spiro atoms. The van der Waals surface area contributed by atoms with Gasteiger partial charge in [-0.25, -0.2) is 4.79 Å². The zero-order valence-electron chi connectivity index (χ0n) is 18.4. The third-order valence-corrected chi connectivity index (χ3v) is 4.53. The van der Waals surface area contributed by atoms with Crippen molar-refractivity contribution in [2.24, 2.45) is 11.5 Å². The van der Waals surface area contributed by atoms with Crippen molar-refractivity contribution in [2.45, 2.75) is 76.0 Å². The van der Waals surface area contributed by atoms with Crippen LogP contribution in [0.15, 0.2) is 0 Å². The molecule has 0 aliphatic rings. The van der Waals surface area contributed by atoms with Crippen LogP contribution in [0.2, 0.25) is 0 Å². The van der Waals surface area contributed by atoms with Gasteiger partial charge in [-0.1, -0.05) is 0 Å². The predicted molar refractivity (Wildman–Crippen MR) is 114 cm³/mol. The van der Waals surface area contributed by atoms with Gasteiger partial charge in [0.1, 0.15) is 18.1 Å². The lowest BCUT2D eigenvalue weighted by Gasteiger charge is -2.24. The van der Waals surface area contributed by atoms with Gasteiger partial charge in [0, 0.05) is 12.8 Å². The lowest BCUT2D eigenvalue weighted by atomic mass is 10.1. The van der Waals surface area contributed by atoms with Crippen molar-refractivity contribution in [1.82, 2.24) is 16.0 Å². The Kier molecular flexibility index (Phi) is 14.0. The zero-order chi connectivity index (χ0) is 25.6. The molecule has 0 radical (unpaired) electrons. The number of carboxylic acids is 3. The standard InChI is InChI=1S/C19H33N5O9/c1-10(21)16(29)22-11(5-7-14(25)26)17(30)23-12(6-8-15(27)28)18(31)24-13(19(32)33)4-2-3-9-20/h10-13H,2-9,20-21H2,1H3,(H,22,29)(H,23,30)(H,24,31)(H,25,26)(H,27,28)(H,32,33)/t10-,11-,12-,13-/m0/s1. The Morgan fingerprint density at radius 3 is 1.48 bits per heavy atom. The number of hydrogen-bond acceptors (Lipinski definition) is 8. The fraction of sp³-hybridized carbons (Fsp3) is 0.684. The van der Waals surface area contributed by atoms with E-state index in [0.29, 0.717) is 19.4 Å². The number of unbranched alkanes of at least 4 members (excludes halogenated alkanes) is 1. The van der Waals surface area contributed by atoms with E-state index in [9.17, 15) is 33.9 Å². The van der Waals surface area contributed by atoms with Crippen molar-refractivity contribution >= 4 is 35.6 Å². The molecule has 10 N–H and O–H groups in total. The van der Waals surface area contributed by atoms with Crippen molar-refractivity contribution in [3.63, 3.8) is 0 Å². The van der Waals surface area contributed by atoms with E-state index >= 15 is 0 Å². The number of carbonyl (C=O) groups is 6. The number of hydrogen-bond donors (Lipinski definition) is 8. The van der Waals surface area contributed by atoms with Gasteiger partial charge >= 0.3 is 17.9 Å². The average Bonchev–Trinajstić information content (AvgIpc) is 2.72. The minimum absolute atomic E-state index is 0.0730. The predicted octanol–water partition coefficient (Wildman–Crippen LogP) is -2.27. The van der Waals surface area contributed by atoms with Gasteiger partial charge in [-0.05, 0) is 45.6 Å². The molecule has 14 nitrogen and oxygen atoms in total. The number of rotatable bonds is 17. The zero-order valence-corrected chi connectivity index (χ0v) is 18.4. The second-order valence-electron chi connectivity index (χ2n) is 7.46. The number of nitrogens with two attached hydrogens (primary N) is 2. The van der Waals surface area contributed by atoms with Crippen LogP contribution in [0.25, 0.3) is 0 Å². The molecule has 0 heterocycles. The summed E-state index contributed by atoms with van der Waals surface area (Å²) < 4.78 is 0. The molecule has 188 valence electrons. The van der Waals surface area contributed by atoms with Gasteiger partial charge < -0.3 is 42.7 Å². The third kappa shape index (κ3) is 13.0. The first kappa shape index (κ1) is 29.7. The van der Waals surface area contributed by atoms with Crippen LogP contribution in [0.3, 0.4) is 0 Å². The maximum absolute atomic E-state index is 12.7. The van der Waals surface area contributed by atoms with E-state index in [1.54, 1.807) is 0 Å². The SMILES string of the molecule is C[C@H](N)C(=O)N[C@@H](CCC(=O)O)C(=O)N[C@@H](CCC(=O)O)C(=O)N[C@@H](CCCCN)C(=O)O. The number of carboxylic acid groups (broad SMARTS) is 3. The summed E-state index contributed by atoms with van der Waals surface area (Å²) in [5.41, 5.74) is 10.8. The molecule has 0 aromatic rings. The minimum atomic E-state index is -1.44. The molecule has 0 rings (SSSR count). The fourth-order valence-electron chi connectivity index (χ4n) is 2.67. The van der Waals surface area contributed by atoms with Crippen LogP contribution in [-0.2, 0) is 28.8 Å². The van der Waals surface area contributed by atoms with E-state index in [-0.39, 0.29) is 19.3 Å². The molecule has 4 atom stereocenters. The normalized spacial score (nSPS) is 14.3. The molecule has 0 aliphatic heterocycles. The van der Waals surface area contributed by atoms with Crippen LogP contribution in [0.5, 0.6) is 0 Å². The molecule has 0 unspecified atom stereocenters. The minimum Gasteiger partial charge on any atom is -0.481 e. The molecule has 33 heavy (non-hydrogen) atoms. The number of nitrogens with one attached hydrogen (secondary N) is 3. The van der Waals surface area contributed by atoms with Crippen molar-refractivity contribution in [3.8, 4) is 0 Å². The molecule has 3 amide bonds. The molecular formula is C19H33N5O9. The smallest absolute Gasteiger partial charge is 0.326 e. The van der Waals surface area contributed by atoms with E-state index < -0.39 is 72.6 Å². The Morgan fingerprint density at radius 2 is 1.12 bits per heavy atom. The molecular weight excluding hydrogens is 442 g/mol. The molecule has 0 saturated carbocycles. The molecule has 14 heteroatoms. The first-order valence-electron chi connectivity index (χ1n) is 10.4. The van der Waals surface area contributed by atoms with Crippen molar-refractivity contribution in [1.29, 1.82) is 0 Å². The highest BCUT2D eigenvalue weighted by Crippen LogP contribution is 2.06. The summed E-state index contributed by atoms with van der Waals surface area (Å²) in [4.78, 5) is 70.5. The summed E-state index contributed by atoms with van der Waals surface area (Å²) in [6.07, 6.45) is -0.660. The van der Waals surface area contributed by atoms with Crippen LogP contribution in [0, 0.1) is 0 Å². The Morgan fingerprint density at radius 1 is 0.697 bits per heavy atom. The summed E-state index contributed by atoms with van der Waals surface area (Å²) in [6.45, 7) is 1.68. The van der Waals surface area contributed by atoms with E-state index in [2.05, 4.69) is 16.0 Å². The fourth-order valence-corrected chi connectivity index (χ4v) is 2.67. The van der Waals surface area contributed by atoms with E-state index in [1.807, 2.05) is 0 Å². The van der Waals surface area contributed by atoms with Crippen molar-refractivity contribution in [2.75, 3.05) is 6.54 Å². The second kappa shape index (κ2) is 15.5. The monoisotopic (exact) mass is 475 g/mol. The molecule has 0 bridgehead atoms. The van der Waals surface area contributed by atoms with Crippen LogP contribution in [-0.4, -0.2) is 81.7 Å². The quantitative estimate of drug-likeness (QED) is 0.104. The lowest BCUT2D eigenvalue weighted by Crippen LogP contribution is -2.57. The summed E-state index contributed by atoms with van der Waals surface area (Å²) in [6, 6.07) is -5.08. The Labute approximate surface area is 190 Å². The average molecular weight is 475 g/mol. The van der Waals surface area contributed by atoms with E-state index in [4.69, 9.17) is 21.7 Å². The highest BCUT2D eigenvalue weighted by Gasteiger charge is 2.30. The summed E-state index contributed by atoms with van der Waals surface area (Å²) in [5, 5.41) is 34.0. The van der Waals surface area contributed by atoms with E-state index in [1.165, 1.54) is 6.92 Å². The number of carbonyl (C=O) groups excluding carboxylic acids is 3. The summed E-state index contributed by atoms with van der Waals surface area (Å²) in [5.74, 6) is -6.41. The Hall–Kier alpha value is -3.26. The largest absolute Gasteiger partial charge is 0.481 e. The topological polar surface area (TPSA) is 251 Å². The summed E-state index contributed by atoms with van der Waals surface area (Å²) >= 11 is 0. The molecule has 0 aromatic carbocycles. The van der Waals surface area contributed by atoms with Crippen molar-refractivity contribution < 1.29 is 44.1 Å². The maximum Gasteiger partial charge on any atom is 0.326 e. The molecule has 0 aromatic heterocycles. The van der Waals surface area contributed by atoms with Crippen LogP contribution in [0.1, 0.15) is 51.9 Å². The third-order valence-electron chi connectivity index (χ3n) is 4.53. The Balaban J connectivity index is 5.48. The number of aliphatic carboxylic acids is 3. The van der Waals surface area contributed by atoms with Crippen LogP contribution in [0.4, 0.5) is 0 Å². The lowest BCUT2D eigenvalue weighted by molar-refractivity contribution is -0.143. The van der Waals surface area contributed by atoms with Gasteiger partial charge in [0.05, 0.1) is 6.04 Å². The molecule has 0 fully saturated rings. The van der Waals surface area contributed by atoms with Gasteiger partial charge in [-0.3, -0.25) is 24.0 Å². The van der Waals surface area contributed by atoms with Gasteiger partial charge in [0.2, 0.25) is 17.7 Å². The van der Waals surface area contributed by atoms with Gasteiger partial charge in [0.25, 0.3) is 0 Å². The van der Waals surface area contributed by atoms with Gasteiger partial charge in [-0.2, -0.15) is 0 Å². The first-order chi connectivity index (χ1) is 15.4. The maximum atomic E-state index is 12.7. The molecule has 0 aliphatic carbocycles. The molecule has 0 saturated heterocycles. The summed E-state index contributed by atoms with van der Waals surface area (Å²) in [7, 11) is 0. The Bertz CT molecular complexity index is 714. The van der Waals surface area contributed by atoms with E-state index in [0.717, 1.165) is 0 Å². The number of amides is 3. The second-order valence-corrected chi connectivity index (χ2v) is 7.46. The van der Waals surface area contributed by atoms with Crippen molar-refractivity contribution in [3.05, 3.63) is 0 Å². The first-order valence-corrected chi connectivity index (χ1v) is 10.4. The van der Waals surface area contributed by atoms with Gasteiger partial charge in [-0.15, -0.1) is 0 Å². The highest BCUT2D eigenvalue weighted by atomic mass is 16.4.